The molecule has 1 heterocycles. The molecule has 1 aliphatic heterocycles. The van der Waals surface area contributed by atoms with Gasteiger partial charge < -0.3 is 48.3 Å². The number of rotatable bonds is 10. The summed E-state index contributed by atoms with van der Waals surface area (Å²) in [6.45, 7) is 16.6. The molecule has 6 unspecified atom stereocenters. The van der Waals surface area contributed by atoms with Crippen molar-refractivity contribution in [3.63, 3.8) is 0 Å². The smallest absolute Gasteiger partial charge is 0.455 e. The van der Waals surface area contributed by atoms with E-state index in [0.29, 0.717) is 12.0 Å². The van der Waals surface area contributed by atoms with Crippen molar-refractivity contribution in [3.8, 4) is 0 Å². The molecule has 11 atom stereocenters. The molecule has 4 aliphatic carbocycles. The van der Waals surface area contributed by atoms with Crippen LogP contribution >= 0.6 is 0 Å². The molecular weight excluding hydrogens is 871 g/mol. The molecule has 2 aromatic carbocycles. The van der Waals surface area contributed by atoms with Crippen molar-refractivity contribution in [1.29, 1.82) is 0 Å². The van der Waals surface area contributed by atoms with E-state index in [-0.39, 0.29) is 29.7 Å². The Morgan fingerprint density at radius 2 is 1.43 bits per heavy atom. The maximum Gasteiger partial charge on any atom is 0.509 e. The first-order valence-electron chi connectivity index (χ1n) is 22.5. The zero-order valence-electron chi connectivity index (χ0n) is 39.8. The molecule has 2 bridgehead atoms. The number of carbonyl (C=O) groups is 7. The highest BCUT2D eigenvalue weighted by Gasteiger charge is 2.84. The van der Waals surface area contributed by atoms with Crippen molar-refractivity contribution in [2.24, 2.45) is 22.7 Å². The molecule has 2 N–H and O–H groups in total. The van der Waals surface area contributed by atoms with Crippen molar-refractivity contribution < 1.29 is 76.6 Å². The van der Waals surface area contributed by atoms with Gasteiger partial charge in [0.2, 0.25) is 6.10 Å². The molecule has 67 heavy (non-hydrogen) atoms. The van der Waals surface area contributed by atoms with Gasteiger partial charge in [-0.15, -0.1) is 0 Å². The molecule has 0 aromatic heterocycles. The van der Waals surface area contributed by atoms with Crippen LogP contribution < -0.4 is 5.32 Å². The average molecular weight is 932 g/mol. The van der Waals surface area contributed by atoms with E-state index < -0.39 is 130 Å². The van der Waals surface area contributed by atoms with Gasteiger partial charge in [0, 0.05) is 31.1 Å². The van der Waals surface area contributed by atoms with Crippen molar-refractivity contribution in [2.45, 2.75) is 154 Å². The summed E-state index contributed by atoms with van der Waals surface area (Å²) in [5, 5.41) is 16.5. The molecular formula is C50H61NO16. The van der Waals surface area contributed by atoms with Crippen molar-refractivity contribution >= 4 is 41.9 Å². The van der Waals surface area contributed by atoms with Crippen LogP contribution in [-0.4, -0.2) is 107 Å². The van der Waals surface area contributed by atoms with Gasteiger partial charge in [-0.2, -0.15) is 0 Å². The molecule has 1 amide bonds. The van der Waals surface area contributed by atoms with Crippen LogP contribution in [0.4, 0.5) is 9.59 Å². The molecule has 7 rings (SSSR count). The van der Waals surface area contributed by atoms with Gasteiger partial charge in [0.1, 0.15) is 41.2 Å². The van der Waals surface area contributed by atoms with E-state index in [1.54, 1.807) is 111 Å². The standard InChI is InChI=1S/C50H61NO16/c1-26-32(62-42(56)37(63-44(58)67-46(7,8)9)35(29-18-14-12-15-19-29)51-43(57)66-45(4,5)6)24-50(59)40(64-41(55)30-20-16-13-17-21-30)38-48(39(54)36(61-27(2)52)34(26)47(50,10)11)23-31(48)22-33-49(38,25-60-33)65-28(3)53/h12-21,31-33,35-38,40,59H,22-25H2,1-11H3,(H,51,57)/t31?,32?,33?,35-,36+,37?,38?,40-,48?,49-,50+/m0/s1. The molecule has 5 aliphatic rings. The second kappa shape index (κ2) is 17.4. The fraction of sp³-hybridized carbons (Fsp3) is 0.580. The van der Waals surface area contributed by atoms with Gasteiger partial charge in [0.05, 0.1) is 18.1 Å². The summed E-state index contributed by atoms with van der Waals surface area (Å²) < 4.78 is 47.9. The summed E-state index contributed by atoms with van der Waals surface area (Å²) in [5.41, 5.74) is -8.34. The molecule has 3 saturated carbocycles. The number of ketones is 1. The number of nitrogens with one attached hydrogen (secondary N) is 1. The molecule has 0 radical (unpaired) electrons. The van der Waals surface area contributed by atoms with Gasteiger partial charge in [0.25, 0.3) is 0 Å². The van der Waals surface area contributed by atoms with E-state index >= 15 is 9.59 Å². The van der Waals surface area contributed by atoms with Crippen LogP contribution in [0.3, 0.4) is 0 Å². The quantitative estimate of drug-likeness (QED) is 0.149. The van der Waals surface area contributed by atoms with Gasteiger partial charge in [-0.05, 0) is 96.1 Å². The number of alkyl carbamates (subject to hydrolysis) is 1. The SMILES string of the molecule is CC(=O)O[C@H]1C(=O)C23CC2CC2OC[C@@]2(OC(C)=O)C3[C@H](OC(=O)c2ccccc2)[C@]2(O)CC(OC(=O)C(OC(=O)OC(C)(C)C)[C@@H](NC(=O)OC(C)(C)C)c3ccccc3)C(C)=C1C2(C)C. The molecule has 1 spiro atoms. The van der Waals surface area contributed by atoms with E-state index in [2.05, 4.69) is 5.32 Å². The van der Waals surface area contributed by atoms with Gasteiger partial charge >= 0.3 is 36.1 Å². The monoisotopic (exact) mass is 931 g/mol. The second-order valence-corrected chi connectivity index (χ2v) is 20.9. The third-order valence-corrected chi connectivity index (χ3v) is 13.8. The number of benzene rings is 2. The molecule has 2 aromatic rings. The van der Waals surface area contributed by atoms with Crippen LogP contribution in [0.1, 0.15) is 117 Å². The lowest BCUT2D eigenvalue weighted by Gasteiger charge is -2.64. The Kier molecular flexibility index (Phi) is 12.7. The van der Waals surface area contributed by atoms with Crippen molar-refractivity contribution in [1.82, 2.24) is 5.32 Å². The maximum atomic E-state index is 15.6. The fourth-order valence-electron chi connectivity index (χ4n) is 10.9. The maximum absolute atomic E-state index is 15.6. The number of esters is 4. The summed E-state index contributed by atoms with van der Waals surface area (Å²) >= 11 is 0. The Bertz CT molecular complexity index is 2350. The van der Waals surface area contributed by atoms with Gasteiger partial charge in [0.15, 0.2) is 17.5 Å². The van der Waals surface area contributed by atoms with E-state index in [0.717, 1.165) is 6.92 Å². The molecule has 1 saturated heterocycles. The summed E-state index contributed by atoms with van der Waals surface area (Å²) in [4.78, 5) is 98.3. The zero-order valence-corrected chi connectivity index (χ0v) is 39.8. The first-order valence-corrected chi connectivity index (χ1v) is 22.5. The first kappa shape index (κ1) is 49.1. The Morgan fingerprint density at radius 3 is 1.99 bits per heavy atom. The molecule has 17 nitrogen and oxygen atoms in total. The fourth-order valence-corrected chi connectivity index (χ4v) is 10.9. The number of ether oxygens (including phenoxy) is 8. The lowest BCUT2D eigenvalue weighted by Crippen LogP contribution is -2.78. The molecule has 17 heteroatoms. The topological polar surface area (TPSA) is 226 Å². The average Bonchev–Trinajstić information content (AvgIpc) is 3.94. The van der Waals surface area contributed by atoms with Gasteiger partial charge in [-0.3, -0.25) is 14.4 Å². The van der Waals surface area contributed by atoms with E-state index in [1.807, 2.05) is 0 Å². The first-order chi connectivity index (χ1) is 31.1. The van der Waals surface area contributed by atoms with Crippen LogP contribution in [0.2, 0.25) is 0 Å². The number of Topliss-reactive ketones (excluding diaryl/α,β-unsaturated/α-hetero) is 1. The lowest BCUT2D eigenvalue weighted by molar-refractivity contribution is -0.323. The Hall–Kier alpha value is -5.81. The van der Waals surface area contributed by atoms with Gasteiger partial charge in [-0.25, -0.2) is 19.2 Å². The normalized spacial score (nSPS) is 31.2. The number of aliphatic hydroxyl groups is 1. The Balaban J connectivity index is 1.41. The number of hydrogen-bond donors (Lipinski definition) is 2. The van der Waals surface area contributed by atoms with Crippen LogP contribution in [0, 0.1) is 22.7 Å². The summed E-state index contributed by atoms with van der Waals surface area (Å²) in [6, 6.07) is 14.7. The number of amides is 1. The molecule has 4 fully saturated rings. The highest BCUT2D eigenvalue weighted by molar-refractivity contribution is 5.97. The zero-order chi connectivity index (χ0) is 49.2. The summed E-state index contributed by atoms with van der Waals surface area (Å²) in [5.74, 6) is -5.86. The number of fused-ring (bicyclic) bond motifs is 4. The Morgan fingerprint density at radius 1 is 0.821 bits per heavy atom. The second-order valence-electron chi connectivity index (χ2n) is 20.9. The van der Waals surface area contributed by atoms with E-state index in [4.69, 9.17) is 37.9 Å². The van der Waals surface area contributed by atoms with Crippen LogP contribution in [-0.2, 0) is 57.1 Å². The minimum Gasteiger partial charge on any atom is -0.455 e. The number of hydrogen-bond acceptors (Lipinski definition) is 16. The van der Waals surface area contributed by atoms with E-state index in [9.17, 15) is 29.1 Å². The van der Waals surface area contributed by atoms with Crippen molar-refractivity contribution in [2.75, 3.05) is 6.61 Å². The number of carbonyl (C=O) groups excluding carboxylic acids is 7. The lowest BCUT2D eigenvalue weighted by atomic mass is 9.48. The van der Waals surface area contributed by atoms with Crippen LogP contribution in [0.25, 0.3) is 0 Å². The van der Waals surface area contributed by atoms with Crippen LogP contribution in [0.5, 0.6) is 0 Å². The van der Waals surface area contributed by atoms with Gasteiger partial charge in [-0.1, -0.05) is 62.4 Å². The largest absolute Gasteiger partial charge is 0.509 e. The highest BCUT2D eigenvalue weighted by Crippen LogP contribution is 2.74. The third kappa shape index (κ3) is 9.04. The third-order valence-electron chi connectivity index (χ3n) is 13.8. The molecule has 362 valence electrons. The van der Waals surface area contributed by atoms with Crippen molar-refractivity contribution in [3.05, 3.63) is 82.9 Å². The van der Waals surface area contributed by atoms with E-state index in [1.165, 1.54) is 19.1 Å². The highest BCUT2D eigenvalue weighted by atomic mass is 16.7. The van der Waals surface area contributed by atoms with Crippen LogP contribution in [0.15, 0.2) is 71.8 Å². The predicted molar refractivity (Wildman–Crippen MR) is 235 cm³/mol. The summed E-state index contributed by atoms with van der Waals surface area (Å²) in [6.07, 6.45) is -9.84. The predicted octanol–water partition coefficient (Wildman–Crippen LogP) is 6.43. The Labute approximate surface area is 389 Å². The minimum atomic E-state index is -2.32. The minimum absolute atomic E-state index is 0.0862. The summed E-state index contributed by atoms with van der Waals surface area (Å²) in [7, 11) is 0.